The highest BCUT2D eigenvalue weighted by molar-refractivity contribution is 5.45. The van der Waals surface area contributed by atoms with Crippen molar-refractivity contribution in [1.29, 1.82) is 0 Å². The van der Waals surface area contributed by atoms with Crippen LogP contribution in [-0.4, -0.2) is 16.7 Å². The molecule has 20 heavy (non-hydrogen) atoms. The Hall–Kier alpha value is -2.31. The Labute approximate surface area is 119 Å². The van der Waals surface area contributed by atoms with Crippen LogP contribution in [0.3, 0.4) is 0 Å². The van der Waals surface area contributed by atoms with Crippen LogP contribution in [0.2, 0.25) is 0 Å². The molecule has 2 rings (SSSR count). The highest BCUT2D eigenvalue weighted by atomic mass is 16.5. The van der Waals surface area contributed by atoms with Gasteiger partial charge in [-0.3, -0.25) is 4.98 Å². The van der Waals surface area contributed by atoms with Gasteiger partial charge in [0.2, 0.25) is 0 Å². The zero-order valence-corrected chi connectivity index (χ0v) is 11.5. The fraction of sp³-hybridized carbons (Fsp3) is 0.235. The lowest BCUT2D eigenvalue weighted by Gasteiger charge is -2.08. The molecule has 2 aromatic rings. The van der Waals surface area contributed by atoms with E-state index in [4.69, 9.17) is 9.84 Å². The summed E-state index contributed by atoms with van der Waals surface area (Å²) < 4.78 is 5.80. The van der Waals surface area contributed by atoms with Crippen molar-refractivity contribution >= 4 is 0 Å². The number of aromatic nitrogens is 1. The normalized spacial score (nSPS) is 9.70. The van der Waals surface area contributed by atoms with Crippen molar-refractivity contribution in [3.63, 3.8) is 0 Å². The molecule has 0 amide bonds. The highest BCUT2D eigenvalue weighted by Crippen LogP contribution is 2.18. The van der Waals surface area contributed by atoms with Crippen LogP contribution >= 0.6 is 0 Å². The minimum Gasteiger partial charge on any atom is -0.488 e. The van der Waals surface area contributed by atoms with Crippen molar-refractivity contribution in [2.45, 2.75) is 20.0 Å². The van der Waals surface area contributed by atoms with E-state index in [1.165, 1.54) is 0 Å². The second-order valence-electron chi connectivity index (χ2n) is 4.43. The zero-order chi connectivity index (χ0) is 14.2. The molecular weight excluding hydrogens is 250 g/mol. The van der Waals surface area contributed by atoms with Crippen LogP contribution in [0.15, 0.2) is 42.7 Å². The molecule has 1 aromatic heterocycles. The van der Waals surface area contributed by atoms with Gasteiger partial charge in [-0.1, -0.05) is 24.0 Å². The first-order valence-electron chi connectivity index (χ1n) is 6.51. The number of benzene rings is 1. The third-order valence-electron chi connectivity index (χ3n) is 2.67. The Morgan fingerprint density at radius 1 is 1.25 bits per heavy atom. The van der Waals surface area contributed by atoms with Gasteiger partial charge in [0.25, 0.3) is 0 Å². The molecule has 0 bridgehead atoms. The van der Waals surface area contributed by atoms with Crippen LogP contribution < -0.4 is 4.74 Å². The number of ether oxygens (including phenoxy) is 1. The standard InChI is InChI=1S/C17H17NO2/c1-14-10-15(12-18-11-14)13-20-17-8-3-2-6-16(17)7-4-5-9-19/h2-3,6,8,10-12,19H,5,9,13H2,1H3. The van der Waals surface area contributed by atoms with Gasteiger partial charge in [-0.15, -0.1) is 0 Å². The fourth-order valence-corrected chi connectivity index (χ4v) is 1.77. The molecule has 0 spiro atoms. The first-order chi connectivity index (χ1) is 9.79. The molecule has 1 heterocycles. The SMILES string of the molecule is Cc1cncc(COc2ccccc2C#CCCO)c1. The molecule has 0 fully saturated rings. The summed E-state index contributed by atoms with van der Waals surface area (Å²) in [5.41, 5.74) is 2.98. The maximum atomic E-state index is 8.75. The molecule has 0 unspecified atom stereocenters. The largest absolute Gasteiger partial charge is 0.488 e. The second-order valence-corrected chi connectivity index (χ2v) is 4.43. The number of aryl methyl sites for hydroxylation is 1. The van der Waals surface area contributed by atoms with Gasteiger partial charge in [-0.2, -0.15) is 0 Å². The molecule has 3 heteroatoms. The number of aliphatic hydroxyl groups is 1. The third-order valence-corrected chi connectivity index (χ3v) is 2.67. The summed E-state index contributed by atoms with van der Waals surface area (Å²) in [6, 6.07) is 9.69. The maximum Gasteiger partial charge on any atom is 0.135 e. The number of aliphatic hydroxyl groups excluding tert-OH is 1. The quantitative estimate of drug-likeness (QED) is 0.866. The van der Waals surface area contributed by atoms with E-state index in [1.54, 1.807) is 6.20 Å². The van der Waals surface area contributed by atoms with Gasteiger partial charge < -0.3 is 9.84 Å². The van der Waals surface area contributed by atoms with Crippen LogP contribution in [-0.2, 0) is 6.61 Å². The van der Waals surface area contributed by atoms with Crippen molar-refractivity contribution in [2.24, 2.45) is 0 Å². The van der Waals surface area contributed by atoms with Gasteiger partial charge in [0.15, 0.2) is 0 Å². The number of nitrogens with zero attached hydrogens (tertiary/aromatic N) is 1. The van der Waals surface area contributed by atoms with Gasteiger partial charge >= 0.3 is 0 Å². The van der Waals surface area contributed by atoms with Crippen LogP contribution in [0.25, 0.3) is 0 Å². The predicted octanol–water partition coefficient (Wildman–Crippen LogP) is 2.70. The molecule has 0 saturated carbocycles. The number of para-hydroxylation sites is 1. The van der Waals surface area contributed by atoms with E-state index in [9.17, 15) is 0 Å². The number of hydrogen-bond acceptors (Lipinski definition) is 3. The Bertz CT molecular complexity index is 626. The molecule has 0 saturated heterocycles. The van der Waals surface area contributed by atoms with Crippen molar-refractivity contribution in [3.05, 3.63) is 59.4 Å². The highest BCUT2D eigenvalue weighted by Gasteiger charge is 2.01. The minimum atomic E-state index is 0.0744. The van der Waals surface area contributed by atoms with E-state index in [0.717, 1.165) is 22.4 Å². The molecule has 102 valence electrons. The molecule has 1 N–H and O–H groups in total. The molecule has 0 aliphatic rings. The van der Waals surface area contributed by atoms with Gasteiger partial charge in [0.05, 0.1) is 12.2 Å². The molecule has 0 aliphatic heterocycles. The van der Waals surface area contributed by atoms with Crippen LogP contribution in [0.1, 0.15) is 23.1 Å². The Balaban J connectivity index is 2.08. The Morgan fingerprint density at radius 3 is 2.90 bits per heavy atom. The monoisotopic (exact) mass is 267 g/mol. The molecule has 0 radical (unpaired) electrons. The number of rotatable bonds is 4. The van der Waals surface area contributed by atoms with E-state index in [2.05, 4.69) is 16.8 Å². The smallest absolute Gasteiger partial charge is 0.135 e. The van der Waals surface area contributed by atoms with Crippen molar-refractivity contribution < 1.29 is 9.84 Å². The van der Waals surface area contributed by atoms with E-state index in [0.29, 0.717) is 13.0 Å². The summed E-state index contributed by atoms with van der Waals surface area (Å²) in [4.78, 5) is 4.14. The van der Waals surface area contributed by atoms with Gasteiger partial charge in [0, 0.05) is 24.4 Å². The predicted molar refractivity (Wildman–Crippen MR) is 78.3 cm³/mol. The van der Waals surface area contributed by atoms with Crippen LogP contribution in [0.5, 0.6) is 5.75 Å². The first kappa shape index (κ1) is 14.1. The maximum absolute atomic E-state index is 8.75. The molecule has 0 atom stereocenters. The average Bonchev–Trinajstić information content (AvgIpc) is 2.47. The summed E-state index contributed by atoms with van der Waals surface area (Å²) in [6.45, 7) is 2.54. The van der Waals surface area contributed by atoms with Gasteiger partial charge in [-0.05, 0) is 30.7 Å². The van der Waals surface area contributed by atoms with E-state index in [1.807, 2.05) is 43.5 Å². The van der Waals surface area contributed by atoms with Crippen LogP contribution in [0.4, 0.5) is 0 Å². The fourth-order valence-electron chi connectivity index (χ4n) is 1.77. The number of pyridine rings is 1. The summed E-state index contributed by atoms with van der Waals surface area (Å²) in [5.74, 6) is 6.67. The summed E-state index contributed by atoms with van der Waals surface area (Å²) in [5, 5.41) is 8.75. The number of hydrogen-bond donors (Lipinski definition) is 1. The topological polar surface area (TPSA) is 42.4 Å². The third kappa shape index (κ3) is 4.11. The lowest BCUT2D eigenvalue weighted by Crippen LogP contribution is -1.98. The second kappa shape index (κ2) is 7.32. The van der Waals surface area contributed by atoms with E-state index in [-0.39, 0.29) is 6.61 Å². The first-order valence-corrected chi connectivity index (χ1v) is 6.51. The lowest BCUT2D eigenvalue weighted by molar-refractivity contribution is 0.304. The molecule has 3 nitrogen and oxygen atoms in total. The minimum absolute atomic E-state index is 0.0744. The van der Waals surface area contributed by atoms with Crippen molar-refractivity contribution in [1.82, 2.24) is 4.98 Å². The lowest BCUT2D eigenvalue weighted by atomic mass is 10.2. The van der Waals surface area contributed by atoms with Crippen molar-refractivity contribution in [3.8, 4) is 17.6 Å². The summed E-state index contributed by atoms with van der Waals surface area (Å²) >= 11 is 0. The average molecular weight is 267 g/mol. The van der Waals surface area contributed by atoms with E-state index < -0.39 is 0 Å². The summed E-state index contributed by atoms with van der Waals surface area (Å²) in [7, 11) is 0. The van der Waals surface area contributed by atoms with Crippen molar-refractivity contribution in [2.75, 3.05) is 6.61 Å². The molecular formula is C17H17NO2. The van der Waals surface area contributed by atoms with E-state index >= 15 is 0 Å². The van der Waals surface area contributed by atoms with Gasteiger partial charge in [-0.25, -0.2) is 0 Å². The Kier molecular flexibility index (Phi) is 5.16. The zero-order valence-electron chi connectivity index (χ0n) is 11.5. The molecule has 1 aromatic carbocycles. The summed E-state index contributed by atoms with van der Waals surface area (Å²) in [6.07, 6.45) is 4.08. The van der Waals surface area contributed by atoms with Gasteiger partial charge in [0.1, 0.15) is 12.4 Å². The van der Waals surface area contributed by atoms with Crippen LogP contribution in [0, 0.1) is 18.8 Å². The molecule has 0 aliphatic carbocycles. The Morgan fingerprint density at radius 2 is 2.10 bits per heavy atom.